The number of nitro benzene ring substituents is 1. The van der Waals surface area contributed by atoms with Gasteiger partial charge in [0.1, 0.15) is 12.4 Å². The Morgan fingerprint density at radius 1 is 1.02 bits per heavy atom. The number of esters is 1. The van der Waals surface area contributed by atoms with Crippen molar-refractivity contribution < 1.29 is 28.7 Å². The molecule has 11 nitrogen and oxygen atoms in total. The van der Waals surface area contributed by atoms with E-state index >= 15 is 0 Å². The molecule has 5 aromatic rings. The highest BCUT2D eigenvalue weighted by Crippen LogP contribution is 2.37. The highest BCUT2D eigenvalue weighted by molar-refractivity contribution is 14.1. The Morgan fingerprint density at radius 2 is 1.78 bits per heavy atom. The molecule has 6 rings (SSSR count). The molecule has 0 aliphatic carbocycles. The normalized spacial score (nSPS) is 14.1. The molecule has 2 heterocycles. The van der Waals surface area contributed by atoms with Crippen LogP contribution in [0.1, 0.15) is 35.2 Å². The molecule has 254 valence electrons. The Labute approximate surface area is 304 Å². The molecule has 0 bridgehead atoms. The Balaban J connectivity index is 1.46. The van der Waals surface area contributed by atoms with Crippen molar-refractivity contribution in [2.45, 2.75) is 19.6 Å². The molecular formula is C37H30IN3O8S. The molecule has 0 unspecified atom stereocenters. The van der Waals surface area contributed by atoms with Crippen LogP contribution in [-0.2, 0) is 16.1 Å². The first-order valence-corrected chi connectivity index (χ1v) is 17.3. The second kappa shape index (κ2) is 15.1. The summed E-state index contributed by atoms with van der Waals surface area (Å²) in [6, 6.07) is 25.5. The molecule has 50 heavy (non-hydrogen) atoms. The molecule has 1 atom stereocenters. The molecule has 0 saturated carbocycles. The number of methoxy groups -OCH3 is 2. The number of carbonyl (C=O) groups is 1. The van der Waals surface area contributed by atoms with E-state index < -0.39 is 16.9 Å². The van der Waals surface area contributed by atoms with Gasteiger partial charge in [-0.2, -0.15) is 0 Å². The predicted molar refractivity (Wildman–Crippen MR) is 197 cm³/mol. The molecule has 0 saturated heterocycles. The zero-order valence-corrected chi connectivity index (χ0v) is 30.1. The minimum absolute atomic E-state index is 0.00114. The Kier molecular flexibility index (Phi) is 10.4. The molecule has 0 spiro atoms. The van der Waals surface area contributed by atoms with Gasteiger partial charge in [0.15, 0.2) is 16.3 Å². The fourth-order valence-electron chi connectivity index (χ4n) is 5.55. The van der Waals surface area contributed by atoms with Crippen molar-refractivity contribution in [1.29, 1.82) is 0 Å². The number of carbonyl (C=O) groups excluding carboxylic acids is 1. The monoisotopic (exact) mass is 803 g/mol. The number of hydrogen-bond donors (Lipinski definition) is 0. The summed E-state index contributed by atoms with van der Waals surface area (Å²) in [6.45, 7) is 2.05. The highest BCUT2D eigenvalue weighted by atomic mass is 127. The molecule has 0 radical (unpaired) electrons. The van der Waals surface area contributed by atoms with Crippen LogP contribution in [0.25, 0.3) is 11.8 Å². The summed E-state index contributed by atoms with van der Waals surface area (Å²) < 4.78 is 25.5. The van der Waals surface area contributed by atoms with Gasteiger partial charge in [-0.05, 0) is 88.7 Å². The second-order valence-electron chi connectivity index (χ2n) is 11.0. The molecule has 1 aliphatic heterocycles. The molecule has 13 heteroatoms. The van der Waals surface area contributed by atoms with Gasteiger partial charge < -0.3 is 18.9 Å². The van der Waals surface area contributed by atoms with Crippen LogP contribution < -0.4 is 29.1 Å². The smallest absolute Gasteiger partial charge is 0.338 e. The summed E-state index contributed by atoms with van der Waals surface area (Å²) >= 11 is 3.35. The third-order valence-electron chi connectivity index (χ3n) is 7.86. The summed E-state index contributed by atoms with van der Waals surface area (Å²) in [5, 5.41) is 11.0. The second-order valence-corrected chi connectivity index (χ2v) is 13.1. The maximum atomic E-state index is 14.3. The van der Waals surface area contributed by atoms with Gasteiger partial charge in [0.2, 0.25) is 0 Å². The van der Waals surface area contributed by atoms with E-state index in [2.05, 4.69) is 22.6 Å². The zero-order valence-electron chi connectivity index (χ0n) is 27.1. The number of nitro groups is 1. The number of thiazole rings is 1. The number of ether oxygens (including phenoxy) is 4. The van der Waals surface area contributed by atoms with E-state index in [1.54, 1.807) is 50.4 Å². The van der Waals surface area contributed by atoms with Gasteiger partial charge in [0.25, 0.3) is 11.2 Å². The minimum atomic E-state index is -0.845. The minimum Gasteiger partial charge on any atom is -0.497 e. The van der Waals surface area contributed by atoms with E-state index in [9.17, 15) is 19.7 Å². The molecule has 0 amide bonds. The fraction of sp³-hybridized carbons (Fsp3) is 0.162. The maximum Gasteiger partial charge on any atom is 0.338 e. The molecule has 1 aliphatic rings. The van der Waals surface area contributed by atoms with Crippen molar-refractivity contribution in [2.24, 2.45) is 4.99 Å². The number of nitrogens with zero attached hydrogens (tertiary/aromatic N) is 3. The van der Waals surface area contributed by atoms with Crippen LogP contribution in [0.15, 0.2) is 106 Å². The molecule has 4 aromatic carbocycles. The lowest BCUT2D eigenvalue weighted by Crippen LogP contribution is -2.40. The van der Waals surface area contributed by atoms with Crippen LogP contribution in [0, 0.1) is 13.7 Å². The third kappa shape index (κ3) is 7.05. The van der Waals surface area contributed by atoms with Gasteiger partial charge in [-0.15, -0.1) is 0 Å². The van der Waals surface area contributed by atoms with Crippen molar-refractivity contribution in [3.63, 3.8) is 0 Å². The maximum absolute atomic E-state index is 14.3. The van der Waals surface area contributed by atoms with Crippen LogP contribution in [0.4, 0.5) is 5.69 Å². The summed E-state index contributed by atoms with van der Waals surface area (Å²) in [7, 11) is 3.08. The van der Waals surface area contributed by atoms with Crippen molar-refractivity contribution in [1.82, 2.24) is 4.57 Å². The van der Waals surface area contributed by atoms with Gasteiger partial charge in [-0.25, -0.2) is 9.79 Å². The average molecular weight is 804 g/mol. The van der Waals surface area contributed by atoms with Crippen molar-refractivity contribution in [3.05, 3.63) is 152 Å². The molecule has 0 N–H and O–H groups in total. The Hall–Kier alpha value is -5.28. The van der Waals surface area contributed by atoms with E-state index in [1.165, 1.54) is 35.1 Å². The SMILES string of the molecule is CCOC(=O)C1=C(c2ccccc2)N=c2s/c(=C\c3cc(I)c(OCc4ccc([N+](=O)[O-])cc4)c(OC)c3)c(=O)n2[C@@H]1c1cccc(OC)c1. The number of fused-ring (bicyclic) bond motifs is 1. The van der Waals surface area contributed by atoms with E-state index in [4.69, 9.17) is 23.9 Å². The first-order valence-electron chi connectivity index (χ1n) is 15.4. The lowest BCUT2D eigenvalue weighted by Gasteiger charge is -2.26. The van der Waals surface area contributed by atoms with Gasteiger partial charge in [0, 0.05) is 17.7 Å². The van der Waals surface area contributed by atoms with E-state index in [1.807, 2.05) is 48.5 Å². The number of halogens is 1. The highest BCUT2D eigenvalue weighted by Gasteiger charge is 2.35. The van der Waals surface area contributed by atoms with Crippen LogP contribution in [0.3, 0.4) is 0 Å². The number of benzene rings is 4. The first-order chi connectivity index (χ1) is 24.2. The van der Waals surface area contributed by atoms with Crippen molar-refractivity contribution in [2.75, 3.05) is 20.8 Å². The van der Waals surface area contributed by atoms with Crippen LogP contribution >= 0.6 is 33.9 Å². The standard InChI is InChI=1S/C37H30IN3O8S/c1-4-48-36(43)31-32(24-9-6-5-7-10-24)39-37-40(33(31)25-11-8-12-27(20-25)46-2)35(42)30(50-37)19-23-17-28(38)34(29(18-23)47-3)49-21-22-13-15-26(16-14-22)41(44)45/h5-20,33H,4,21H2,1-3H3/b30-19-/t33-/m1/s1. The van der Waals surface area contributed by atoms with Crippen LogP contribution in [0.5, 0.6) is 17.2 Å². The quantitative estimate of drug-likeness (QED) is 0.0684. The summed E-state index contributed by atoms with van der Waals surface area (Å²) in [4.78, 5) is 43.9. The molecule has 1 aromatic heterocycles. The summed E-state index contributed by atoms with van der Waals surface area (Å²) in [5.41, 5.74) is 3.15. The average Bonchev–Trinajstić information content (AvgIpc) is 3.44. The topological polar surface area (TPSA) is 131 Å². The van der Waals surface area contributed by atoms with Crippen LogP contribution in [0.2, 0.25) is 0 Å². The number of non-ortho nitro benzene ring substituents is 1. The van der Waals surface area contributed by atoms with Crippen LogP contribution in [-0.4, -0.2) is 36.3 Å². The fourth-order valence-corrected chi connectivity index (χ4v) is 7.33. The largest absolute Gasteiger partial charge is 0.497 e. The number of aromatic nitrogens is 1. The van der Waals surface area contributed by atoms with E-state index in [0.717, 1.165) is 9.13 Å². The van der Waals surface area contributed by atoms with Gasteiger partial charge in [0.05, 0.1) is 51.2 Å². The van der Waals surface area contributed by atoms with E-state index in [-0.39, 0.29) is 30.0 Å². The number of rotatable bonds is 11. The zero-order chi connectivity index (χ0) is 35.4. The van der Waals surface area contributed by atoms with Crippen molar-refractivity contribution >= 4 is 57.4 Å². The lowest BCUT2D eigenvalue weighted by molar-refractivity contribution is -0.384. The number of hydrogen-bond acceptors (Lipinski definition) is 10. The molecular weight excluding hydrogens is 773 g/mol. The molecule has 0 fully saturated rings. The lowest BCUT2D eigenvalue weighted by atomic mass is 9.93. The van der Waals surface area contributed by atoms with Gasteiger partial charge >= 0.3 is 5.97 Å². The first kappa shape index (κ1) is 34.6. The predicted octanol–water partition coefficient (Wildman–Crippen LogP) is 6.04. The van der Waals surface area contributed by atoms with Gasteiger partial charge in [-0.3, -0.25) is 19.5 Å². The Morgan fingerprint density at radius 3 is 2.46 bits per heavy atom. The summed E-state index contributed by atoms with van der Waals surface area (Å²) in [5.74, 6) is 0.946. The van der Waals surface area contributed by atoms with Gasteiger partial charge in [-0.1, -0.05) is 53.8 Å². The Bertz CT molecular complexity index is 2300. The third-order valence-corrected chi connectivity index (χ3v) is 9.65. The van der Waals surface area contributed by atoms with E-state index in [0.29, 0.717) is 49.0 Å². The summed E-state index contributed by atoms with van der Waals surface area (Å²) in [6.07, 6.45) is 1.76. The van der Waals surface area contributed by atoms with Crippen molar-refractivity contribution in [3.8, 4) is 17.2 Å².